The number of hydrogen-bond donors (Lipinski definition) is 0. The molecule has 0 aromatic heterocycles. The third kappa shape index (κ3) is 5.32. The van der Waals surface area contributed by atoms with Crippen LogP contribution in [-0.2, 0) is 6.54 Å². The average molecular weight is 219 g/mol. The Labute approximate surface area is 100 Å². The maximum absolute atomic E-state index is 2.52. The zero-order valence-corrected chi connectivity index (χ0v) is 10.8. The minimum Gasteiger partial charge on any atom is -0.299 e. The van der Waals surface area contributed by atoms with E-state index in [1.54, 1.807) is 0 Å². The van der Waals surface area contributed by atoms with Crippen LogP contribution in [0.5, 0.6) is 0 Å². The van der Waals surface area contributed by atoms with Crippen LogP contribution >= 0.6 is 0 Å². The number of likely N-dealkylation sites (tertiary alicyclic amines) is 1. The second-order valence-electron chi connectivity index (χ2n) is 4.47. The Balaban J connectivity index is 0.000000280. The van der Waals surface area contributed by atoms with E-state index in [2.05, 4.69) is 49.1 Å². The van der Waals surface area contributed by atoms with Crippen molar-refractivity contribution in [2.75, 3.05) is 13.1 Å². The van der Waals surface area contributed by atoms with E-state index in [1.807, 2.05) is 0 Å². The molecule has 1 aliphatic rings. The molecule has 1 saturated heterocycles. The highest BCUT2D eigenvalue weighted by Gasteiger charge is 2.10. The fourth-order valence-corrected chi connectivity index (χ4v) is 1.78. The molecule has 0 amide bonds. The molecule has 1 aromatic rings. The highest BCUT2D eigenvalue weighted by molar-refractivity contribution is 5.14. The van der Waals surface area contributed by atoms with Gasteiger partial charge in [-0.15, -0.1) is 0 Å². The van der Waals surface area contributed by atoms with Crippen molar-refractivity contribution in [2.24, 2.45) is 0 Å². The molecule has 1 aliphatic heterocycles. The molecular weight excluding hydrogens is 194 g/mol. The zero-order valence-electron chi connectivity index (χ0n) is 10.8. The first-order chi connectivity index (χ1) is 7.86. The van der Waals surface area contributed by atoms with E-state index in [9.17, 15) is 0 Å². The molecule has 0 N–H and O–H groups in total. The van der Waals surface area contributed by atoms with Crippen LogP contribution in [0.25, 0.3) is 0 Å². The van der Waals surface area contributed by atoms with Crippen LogP contribution < -0.4 is 0 Å². The fourth-order valence-electron chi connectivity index (χ4n) is 1.78. The molecular formula is C15H25N. The van der Waals surface area contributed by atoms with Gasteiger partial charge in [-0.05, 0) is 31.5 Å². The lowest BCUT2D eigenvalue weighted by Crippen LogP contribution is -2.18. The van der Waals surface area contributed by atoms with Crippen LogP contribution in [-0.4, -0.2) is 18.0 Å². The summed E-state index contributed by atoms with van der Waals surface area (Å²) in [5.74, 6) is 0. The SMILES string of the molecule is CCCC.c1ccc(CN2CCCC2)cc1. The Morgan fingerprint density at radius 2 is 1.50 bits per heavy atom. The normalized spacial score (nSPS) is 15.6. The second kappa shape index (κ2) is 8.35. The topological polar surface area (TPSA) is 3.24 Å². The van der Waals surface area contributed by atoms with E-state index in [4.69, 9.17) is 0 Å². The van der Waals surface area contributed by atoms with Crippen molar-refractivity contribution in [2.45, 2.75) is 46.1 Å². The molecule has 0 bridgehead atoms. The molecule has 1 aromatic carbocycles. The first-order valence-electron chi connectivity index (χ1n) is 6.63. The molecule has 0 aliphatic carbocycles. The Morgan fingerprint density at radius 3 is 2.00 bits per heavy atom. The average Bonchev–Trinajstić information content (AvgIpc) is 2.84. The van der Waals surface area contributed by atoms with Crippen LogP contribution in [0, 0.1) is 0 Å². The smallest absolute Gasteiger partial charge is 0.0233 e. The van der Waals surface area contributed by atoms with Gasteiger partial charge in [0.15, 0.2) is 0 Å². The van der Waals surface area contributed by atoms with Crippen molar-refractivity contribution in [1.82, 2.24) is 4.90 Å². The third-order valence-corrected chi connectivity index (χ3v) is 2.95. The molecule has 0 radical (unpaired) electrons. The van der Waals surface area contributed by atoms with E-state index in [0.29, 0.717) is 0 Å². The van der Waals surface area contributed by atoms with Crippen molar-refractivity contribution in [1.29, 1.82) is 0 Å². The van der Waals surface area contributed by atoms with E-state index < -0.39 is 0 Å². The summed E-state index contributed by atoms with van der Waals surface area (Å²) in [4.78, 5) is 2.52. The van der Waals surface area contributed by atoms with Gasteiger partial charge in [0.25, 0.3) is 0 Å². The van der Waals surface area contributed by atoms with Crippen molar-refractivity contribution in [3.8, 4) is 0 Å². The van der Waals surface area contributed by atoms with Crippen LogP contribution in [0.2, 0.25) is 0 Å². The van der Waals surface area contributed by atoms with Gasteiger partial charge in [0.1, 0.15) is 0 Å². The van der Waals surface area contributed by atoms with Gasteiger partial charge < -0.3 is 0 Å². The lowest BCUT2D eigenvalue weighted by molar-refractivity contribution is 0.331. The Morgan fingerprint density at radius 1 is 0.938 bits per heavy atom. The summed E-state index contributed by atoms with van der Waals surface area (Å²) in [7, 11) is 0. The van der Waals surface area contributed by atoms with Gasteiger partial charge in [-0.2, -0.15) is 0 Å². The van der Waals surface area contributed by atoms with Crippen molar-refractivity contribution >= 4 is 0 Å². The predicted octanol–water partition coefficient (Wildman–Crippen LogP) is 4.09. The minimum atomic E-state index is 1.14. The maximum Gasteiger partial charge on any atom is 0.0233 e. The summed E-state index contributed by atoms with van der Waals surface area (Å²) >= 11 is 0. The summed E-state index contributed by atoms with van der Waals surface area (Å²) < 4.78 is 0. The fraction of sp³-hybridized carbons (Fsp3) is 0.600. The van der Waals surface area contributed by atoms with Gasteiger partial charge in [-0.1, -0.05) is 57.0 Å². The Kier molecular flexibility index (Phi) is 6.91. The highest BCUT2D eigenvalue weighted by Crippen LogP contribution is 2.11. The van der Waals surface area contributed by atoms with Gasteiger partial charge in [0.2, 0.25) is 0 Å². The molecule has 2 rings (SSSR count). The van der Waals surface area contributed by atoms with Gasteiger partial charge in [0, 0.05) is 6.54 Å². The quantitative estimate of drug-likeness (QED) is 0.740. The lowest BCUT2D eigenvalue weighted by Gasteiger charge is -2.13. The van der Waals surface area contributed by atoms with Crippen LogP contribution in [0.4, 0.5) is 0 Å². The van der Waals surface area contributed by atoms with Crippen molar-refractivity contribution in [3.05, 3.63) is 35.9 Å². The summed E-state index contributed by atoms with van der Waals surface area (Å²) in [6, 6.07) is 10.7. The van der Waals surface area contributed by atoms with Crippen molar-refractivity contribution in [3.63, 3.8) is 0 Å². The molecule has 90 valence electrons. The van der Waals surface area contributed by atoms with Gasteiger partial charge >= 0.3 is 0 Å². The lowest BCUT2D eigenvalue weighted by atomic mass is 10.2. The molecule has 0 spiro atoms. The van der Waals surface area contributed by atoms with E-state index in [-0.39, 0.29) is 0 Å². The molecule has 16 heavy (non-hydrogen) atoms. The first kappa shape index (κ1) is 13.2. The minimum absolute atomic E-state index is 1.14. The van der Waals surface area contributed by atoms with Gasteiger partial charge in [0.05, 0.1) is 0 Å². The summed E-state index contributed by atoms with van der Waals surface area (Å²) in [5, 5.41) is 0. The van der Waals surface area contributed by atoms with E-state index in [0.717, 1.165) is 6.54 Å². The molecule has 1 fully saturated rings. The number of hydrogen-bond acceptors (Lipinski definition) is 1. The Bertz CT molecular complexity index is 247. The van der Waals surface area contributed by atoms with Gasteiger partial charge in [-0.3, -0.25) is 4.90 Å². The van der Waals surface area contributed by atoms with Crippen LogP contribution in [0.1, 0.15) is 45.1 Å². The second-order valence-corrected chi connectivity index (χ2v) is 4.47. The molecule has 1 heteroatoms. The number of nitrogens with zero attached hydrogens (tertiary/aromatic N) is 1. The summed E-state index contributed by atoms with van der Waals surface area (Å²) in [6.07, 6.45) is 5.40. The molecule has 0 atom stereocenters. The molecule has 0 saturated carbocycles. The van der Waals surface area contributed by atoms with Crippen LogP contribution in [0.3, 0.4) is 0 Å². The zero-order chi connectivity index (χ0) is 11.6. The van der Waals surface area contributed by atoms with Crippen molar-refractivity contribution < 1.29 is 0 Å². The Hall–Kier alpha value is -0.820. The van der Waals surface area contributed by atoms with E-state index >= 15 is 0 Å². The number of rotatable bonds is 3. The van der Waals surface area contributed by atoms with Crippen LogP contribution in [0.15, 0.2) is 30.3 Å². The summed E-state index contributed by atoms with van der Waals surface area (Å²) in [6.45, 7) is 8.07. The highest BCUT2D eigenvalue weighted by atomic mass is 15.1. The largest absolute Gasteiger partial charge is 0.299 e. The molecule has 1 heterocycles. The van der Waals surface area contributed by atoms with Gasteiger partial charge in [-0.25, -0.2) is 0 Å². The monoisotopic (exact) mass is 219 g/mol. The third-order valence-electron chi connectivity index (χ3n) is 2.95. The van der Waals surface area contributed by atoms with E-state index in [1.165, 1.54) is 44.3 Å². The standard InChI is InChI=1S/C11H15N.C4H10/c1-2-6-11(7-3-1)10-12-8-4-5-9-12;1-3-4-2/h1-3,6-7H,4-5,8-10H2;3-4H2,1-2H3. The first-order valence-corrected chi connectivity index (χ1v) is 6.63. The summed E-state index contributed by atoms with van der Waals surface area (Å²) in [5.41, 5.74) is 1.44. The number of unbranched alkanes of at least 4 members (excludes halogenated alkanes) is 1. The predicted molar refractivity (Wildman–Crippen MR) is 71.5 cm³/mol. The number of benzene rings is 1. The maximum atomic E-state index is 2.52. The molecule has 0 unspecified atom stereocenters. The molecule has 1 nitrogen and oxygen atoms in total.